The number of nitrogens with zero attached hydrogens (tertiary/aromatic N) is 3. The monoisotopic (exact) mass is 299 g/mol. The van der Waals surface area contributed by atoms with Gasteiger partial charge in [0, 0.05) is 17.8 Å². The molecule has 22 heavy (non-hydrogen) atoms. The number of phenols is 2. The van der Waals surface area contributed by atoms with Crippen molar-refractivity contribution in [1.82, 2.24) is 4.98 Å². The molecule has 0 amide bonds. The Morgan fingerprint density at radius 3 is 2.59 bits per heavy atom. The smallest absolute Gasteiger partial charge is 0.315 e. The summed E-state index contributed by atoms with van der Waals surface area (Å²) in [6, 6.07) is 8.21. The van der Waals surface area contributed by atoms with Gasteiger partial charge in [0.05, 0.1) is 10.6 Å². The Morgan fingerprint density at radius 2 is 2.05 bits per heavy atom. The molecule has 8 nitrogen and oxygen atoms in total. The maximum atomic E-state index is 10.8. The number of aromatic hydroxyl groups is 2. The Balaban J connectivity index is 2.67. The van der Waals surface area contributed by atoms with Gasteiger partial charge < -0.3 is 15.3 Å². The third-order valence-corrected chi connectivity index (χ3v) is 2.81. The number of nitro groups is 1. The number of aromatic nitrogens is 1. The van der Waals surface area contributed by atoms with E-state index in [1.807, 2.05) is 0 Å². The number of phenolic OH excluding ortho intramolecular Hbond substituents is 2. The Kier molecular flexibility index (Phi) is 3.90. The maximum absolute atomic E-state index is 10.8. The van der Waals surface area contributed by atoms with E-state index in [1.54, 1.807) is 18.2 Å². The zero-order chi connectivity index (χ0) is 16.3. The predicted molar refractivity (Wildman–Crippen MR) is 75.7 cm³/mol. The average molecular weight is 299 g/mol. The van der Waals surface area contributed by atoms with Gasteiger partial charge in [0.1, 0.15) is 17.4 Å². The first-order valence-electron chi connectivity index (χ1n) is 5.91. The molecule has 0 saturated carbocycles. The van der Waals surface area contributed by atoms with Gasteiger partial charge in [0.15, 0.2) is 5.75 Å². The zero-order valence-corrected chi connectivity index (χ0v) is 11.0. The molecule has 0 atom stereocenters. The molecule has 0 saturated heterocycles. The molecule has 0 fully saturated rings. The summed E-state index contributed by atoms with van der Waals surface area (Å²) >= 11 is 0. The van der Waals surface area contributed by atoms with Crippen molar-refractivity contribution in [3.8, 4) is 17.6 Å². The van der Waals surface area contributed by atoms with Gasteiger partial charge in [-0.3, -0.25) is 15.1 Å². The van der Waals surface area contributed by atoms with Gasteiger partial charge in [-0.25, -0.2) is 0 Å². The van der Waals surface area contributed by atoms with Gasteiger partial charge in [-0.2, -0.15) is 5.26 Å². The zero-order valence-electron chi connectivity index (χ0n) is 11.0. The topological polar surface area (TPSA) is 141 Å². The minimum atomic E-state index is -0.919. The number of hydrogen-bond acceptors (Lipinski definition) is 7. The standard InChI is InChI=1S/C14H9N3O5/c15-7-9(10-3-1-2-4-16-10)13(19)8-5-11(17(21)22)14(20)12(18)6-8/h1-6,18-20H/b13-9-. The van der Waals surface area contributed by atoms with Crippen LogP contribution < -0.4 is 0 Å². The lowest BCUT2D eigenvalue weighted by Crippen LogP contribution is -1.95. The molecule has 0 radical (unpaired) electrons. The average Bonchev–Trinajstić information content (AvgIpc) is 2.51. The minimum absolute atomic E-state index is 0.165. The molecule has 1 aromatic carbocycles. The number of aliphatic hydroxyl groups excluding tert-OH is 1. The number of rotatable bonds is 3. The molecule has 2 rings (SSSR count). The highest BCUT2D eigenvalue weighted by Gasteiger charge is 2.22. The van der Waals surface area contributed by atoms with Crippen LogP contribution in [0.3, 0.4) is 0 Å². The molecule has 110 valence electrons. The van der Waals surface area contributed by atoms with Gasteiger partial charge in [-0.1, -0.05) is 6.07 Å². The number of allylic oxidation sites excluding steroid dienone is 1. The van der Waals surface area contributed by atoms with Gasteiger partial charge in [-0.15, -0.1) is 0 Å². The Bertz CT molecular complexity index is 809. The van der Waals surface area contributed by atoms with Gasteiger partial charge in [-0.05, 0) is 18.2 Å². The minimum Gasteiger partial charge on any atom is -0.506 e. The molecule has 0 unspecified atom stereocenters. The molecule has 3 N–H and O–H groups in total. The van der Waals surface area contributed by atoms with Crippen molar-refractivity contribution >= 4 is 17.0 Å². The van der Waals surface area contributed by atoms with E-state index in [1.165, 1.54) is 12.3 Å². The second-order valence-electron chi connectivity index (χ2n) is 4.17. The van der Waals surface area contributed by atoms with Crippen LogP contribution in [0.5, 0.6) is 11.5 Å². The summed E-state index contributed by atoms with van der Waals surface area (Å²) in [4.78, 5) is 13.8. The Labute approximate surface area is 124 Å². The summed E-state index contributed by atoms with van der Waals surface area (Å²) in [6.45, 7) is 0. The normalized spacial score (nSPS) is 11.4. The molecule has 0 aliphatic heterocycles. The van der Waals surface area contributed by atoms with Crippen LogP contribution >= 0.6 is 0 Å². The van der Waals surface area contributed by atoms with Crippen molar-refractivity contribution in [2.45, 2.75) is 0 Å². The molecular formula is C14H9N3O5. The van der Waals surface area contributed by atoms with E-state index >= 15 is 0 Å². The van der Waals surface area contributed by atoms with Crippen molar-refractivity contribution in [3.63, 3.8) is 0 Å². The summed E-state index contributed by atoms with van der Waals surface area (Å²) in [5, 5.41) is 49.1. The summed E-state index contributed by atoms with van der Waals surface area (Å²) in [7, 11) is 0. The fourth-order valence-corrected chi connectivity index (χ4v) is 1.77. The van der Waals surface area contributed by atoms with Crippen LogP contribution in [0, 0.1) is 21.4 Å². The second-order valence-corrected chi connectivity index (χ2v) is 4.17. The van der Waals surface area contributed by atoms with Gasteiger partial charge in [0.2, 0.25) is 5.75 Å². The highest BCUT2D eigenvalue weighted by molar-refractivity contribution is 5.93. The van der Waals surface area contributed by atoms with E-state index in [2.05, 4.69) is 4.98 Å². The number of hydrogen-bond donors (Lipinski definition) is 3. The van der Waals surface area contributed by atoms with Crippen LogP contribution in [0.2, 0.25) is 0 Å². The highest BCUT2D eigenvalue weighted by Crippen LogP contribution is 2.38. The van der Waals surface area contributed by atoms with Crippen LogP contribution in [0.1, 0.15) is 11.3 Å². The fraction of sp³-hybridized carbons (Fsp3) is 0. The summed E-state index contributed by atoms with van der Waals surface area (Å²) in [5.41, 5.74) is -1.04. The summed E-state index contributed by atoms with van der Waals surface area (Å²) in [6.07, 6.45) is 1.41. The van der Waals surface area contributed by atoms with Crippen molar-refractivity contribution in [2.75, 3.05) is 0 Å². The van der Waals surface area contributed by atoms with Crippen molar-refractivity contribution in [1.29, 1.82) is 5.26 Å². The molecule has 0 bridgehead atoms. The SMILES string of the molecule is N#C/C(=C(/O)c1cc(O)c(O)c([N+](=O)[O-])c1)c1ccccn1. The molecule has 0 spiro atoms. The van der Waals surface area contributed by atoms with Crippen molar-refractivity contribution < 1.29 is 20.2 Å². The number of pyridine rings is 1. The van der Waals surface area contributed by atoms with Crippen molar-refractivity contribution in [3.05, 3.63) is 57.9 Å². The lowest BCUT2D eigenvalue weighted by atomic mass is 10.0. The fourth-order valence-electron chi connectivity index (χ4n) is 1.77. The Morgan fingerprint density at radius 1 is 1.32 bits per heavy atom. The predicted octanol–water partition coefficient (Wildman–Crippen LogP) is 2.35. The third kappa shape index (κ3) is 2.64. The number of nitriles is 1. The third-order valence-electron chi connectivity index (χ3n) is 2.81. The van der Waals surface area contributed by atoms with E-state index in [0.717, 1.165) is 12.1 Å². The number of nitro benzene ring substituents is 1. The molecule has 2 aromatic rings. The van der Waals surface area contributed by atoms with Crippen LogP contribution in [-0.4, -0.2) is 25.2 Å². The van der Waals surface area contributed by atoms with E-state index < -0.39 is 27.9 Å². The molecular weight excluding hydrogens is 290 g/mol. The van der Waals surface area contributed by atoms with Crippen LogP contribution in [0.15, 0.2) is 36.5 Å². The van der Waals surface area contributed by atoms with E-state index in [-0.39, 0.29) is 16.8 Å². The quantitative estimate of drug-likeness (QED) is 0.260. The largest absolute Gasteiger partial charge is 0.506 e. The van der Waals surface area contributed by atoms with Gasteiger partial charge in [0.25, 0.3) is 0 Å². The van der Waals surface area contributed by atoms with E-state index in [4.69, 9.17) is 5.26 Å². The first-order chi connectivity index (χ1) is 10.5. The van der Waals surface area contributed by atoms with E-state index in [9.17, 15) is 25.4 Å². The van der Waals surface area contributed by atoms with Crippen molar-refractivity contribution in [2.24, 2.45) is 0 Å². The molecule has 1 aromatic heterocycles. The first-order valence-corrected chi connectivity index (χ1v) is 5.91. The van der Waals surface area contributed by atoms with Crippen LogP contribution in [0.25, 0.3) is 11.3 Å². The highest BCUT2D eigenvalue weighted by atomic mass is 16.6. The van der Waals surface area contributed by atoms with E-state index in [0.29, 0.717) is 0 Å². The number of benzene rings is 1. The molecule has 1 heterocycles. The Hall–Kier alpha value is -3.60. The summed E-state index contributed by atoms with van der Waals surface area (Å²) < 4.78 is 0. The first kappa shape index (κ1) is 14.8. The van der Waals surface area contributed by atoms with Gasteiger partial charge >= 0.3 is 5.69 Å². The lowest BCUT2D eigenvalue weighted by Gasteiger charge is -2.06. The molecule has 8 heteroatoms. The maximum Gasteiger partial charge on any atom is 0.315 e. The van der Waals surface area contributed by atoms with Crippen LogP contribution in [0.4, 0.5) is 5.69 Å². The van der Waals surface area contributed by atoms with Crippen LogP contribution in [-0.2, 0) is 0 Å². The second kappa shape index (κ2) is 5.80. The molecule has 0 aliphatic rings. The lowest BCUT2D eigenvalue weighted by molar-refractivity contribution is -0.386. The number of aliphatic hydroxyl groups is 1. The molecule has 0 aliphatic carbocycles. The summed E-state index contributed by atoms with van der Waals surface area (Å²) in [5.74, 6) is -2.30.